The third-order valence-corrected chi connectivity index (χ3v) is 2.01. The van der Waals surface area contributed by atoms with Crippen molar-refractivity contribution >= 4 is 24.8 Å². The first kappa shape index (κ1) is 16.9. The Hall–Kier alpha value is -2.12. The smallest absolute Gasteiger partial charge is 0.293 e. The van der Waals surface area contributed by atoms with Gasteiger partial charge in [-0.1, -0.05) is 0 Å². The molecule has 0 aromatic heterocycles. The van der Waals surface area contributed by atoms with Gasteiger partial charge in [-0.15, -0.1) is 5.43 Å². The van der Waals surface area contributed by atoms with Gasteiger partial charge in [0.2, 0.25) is 5.91 Å². The largest absolute Gasteiger partial charge is 0.468 e. The maximum absolute atomic E-state index is 11.2. The topological polar surface area (TPSA) is 113 Å². The molecular weight excluding hydrogens is 256 g/mol. The molecule has 8 nitrogen and oxygen atoms in total. The van der Waals surface area contributed by atoms with E-state index in [4.69, 9.17) is 0 Å². The van der Waals surface area contributed by atoms with Crippen molar-refractivity contribution in [2.45, 2.75) is 32.1 Å². The fourth-order valence-corrected chi connectivity index (χ4v) is 1.11. The Bertz CT molecular complexity index is 295. The zero-order valence-corrected chi connectivity index (χ0v) is 10.5. The third-order valence-electron chi connectivity index (χ3n) is 2.01. The van der Waals surface area contributed by atoms with Crippen molar-refractivity contribution in [2.75, 3.05) is 13.2 Å². The van der Waals surface area contributed by atoms with Crippen LogP contribution in [-0.2, 0) is 28.7 Å². The zero-order valence-electron chi connectivity index (χ0n) is 10.5. The molecule has 19 heavy (non-hydrogen) atoms. The van der Waals surface area contributed by atoms with Crippen LogP contribution in [0.1, 0.15) is 32.1 Å². The number of carbonyl (C=O) groups is 4. The maximum atomic E-state index is 11.2. The molecule has 0 aromatic carbocycles. The molecule has 0 aromatic rings. The molecule has 1 N–H and O–H groups in total. The number of hydrogen-bond acceptors (Lipinski definition) is 6. The molecule has 107 valence electrons. The van der Waals surface area contributed by atoms with Gasteiger partial charge in [0.05, 0.1) is 13.2 Å². The van der Waals surface area contributed by atoms with Crippen LogP contribution in [0.25, 0.3) is 0 Å². The first-order chi connectivity index (χ1) is 9.20. The first-order valence-corrected chi connectivity index (χ1v) is 5.83. The summed E-state index contributed by atoms with van der Waals surface area (Å²) in [5, 5.41) is 0. The van der Waals surface area contributed by atoms with Gasteiger partial charge in [-0.05, 0) is 19.3 Å². The summed E-state index contributed by atoms with van der Waals surface area (Å²) in [6, 6.07) is 0. The molecule has 0 unspecified atom stereocenters. The van der Waals surface area contributed by atoms with Gasteiger partial charge in [0.15, 0.2) is 0 Å². The van der Waals surface area contributed by atoms with Gasteiger partial charge in [-0.25, -0.2) is 5.43 Å². The third kappa shape index (κ3) is 12.1. The standard InChI is InChI=1S/C11H17N2O6/c14-8-18-6-2-1-4-10(16)12-13-11(17)5-3-7-19-9-15/h8-9H,1-7H2,(H,13,17). The maximum Gasteiger partial charge on any atom is 0.293 e. The van der Waals surface area contributed by atoms with Crippen LogP contribution in [0.4, 0.5) is 0 Å². The van der Waals surface area contributed by atoms with E-state index in [9.17, 15) is 19.2 Å². The van der Waals surface area contributed by atoms with Crippen LogP contribution in [0.2, 0.25) is 0 Å². The molecule has 0 atom stereocenters. The van der Waals surface area contributed by atoms with E-state index in [0.29, 0.717) is 32.2 Å². The number of ether oxygens (including phenoxy) is 2. The van der Waals surface area contributed by atoms with Gasteiger partial charge < -0.3 is 9.47 Å². The van der Waals surface area contributed by atoms with Crippen molar-refractivity contribution in [3.05, 3.63) is 0 Å². The predicted molar refractivity (Wildman–Crippen MR) is 62.4 cm³/mol. The van der Waals surface area contributed by atoms with Gasteiger partial charge in [0.1, 0.15) is 0 Å². The first-order valence-electron chi connectivity index (χ1n) is 5.83. The summed E-state index contributed by atoms with van der Waals surface area (Å²) >= 11 is 0. The van der Waals surface area contributed by atoms with Crippen molar-refractivity contribution < 1.29 is 28.7 Å². The summed E-state index contributed by atoms with van der Waals surface area (Å²) in [5.41, 5.74) is 5.50. The quantitative estimate of drug-likeness (QED) is 0.307. The van der Waals surface area contributed by atoms with Crippen molar-refractivity contribution in [1.29, 1.82) is 0 Å². The Morgan fingerprint density at radius 3 is 2.21 bits per heavy atom. The lowest BCUT2D eigenvalue weighted by Gasteiger charge is -2.04. The van der Waals surface area contributed by atoms with E-state index in [1.807, 2.05) is 0 Å². The minimum atomic E-state index is -0.441. The van der Waals surface area contributed by atoms with Crippen molar-refractivity contribution in [2.24, 2.45) is 0 Å². The molecule has 0 aliphatic rings. The molecule has 2 amide bonds. The van der Waals surface area contributed by atoms with E-state index in [2.05, 4.69) is 20.3 Å². The van der Waals surface area contributed by atoms with Gasteiger partial charge in [-0.3, -0.25) is 19.2 Å². The van der Waals surface area contributed by atoms with E-state index in [-0.39, 0.29) is 26.1 Å². The Morgan fingerprint density at radius 2 is 1.58 bits per heavy atom. The summed E-state index contributed by atoms with van der Waals surface area (Å²) in [6.45, 7) is 1.07. The summed E-state index contributed by atoms with van der Waals surface area (Å²) < 4.78 is 8.85. The fourth-order valence-electron chi connectivity index (χ4n) is 1.11. The van der Waals surface area contributed by atoms with E-state index < -0.39 is 11.8 Å². The van der Waals surface area contributed by atoms with Crippen molar-refractivity contribution in [3.8, 4) is 0 Å². The summed E-state index contributed by atoms with van der Waals surface area (Å²) in [5.74, 6) is -0.851. The lowest BCUT2D eigenvalue weighted by atomic mass is 10.2. The highest BCUT2D eigenvalue weighted by Gasteiger charge is 2.06. The molecule has 0 heterocycles. The highest BCUT2D eigenvalue weighted by Crippen LogP contribution is 1.95. The summed E-state index contributed by atoms with van der Waals surface area (Å²) in [6.07, 6.45) is 1.77. The number of rotatable bonds is 11. The molecule has 0 fully saturated rings. The highest BCUT2D eigenvalue weighted by molar-refractivity contribution is 5.81. The minimum Gasteiger partial charge on any atom is -0.468 e. The number of amides is 2. The highest BCUT2D eigenvalue weighted by atomic mass is 16.5. The van der Waals surface area contributed by atoms with E-state index in [0.717, 1.165) is 0 Å². The summed E-state index contributed by atoms with van der Waals surface area (Å²) in [4.78, 5) is 42.0. The molecule has 0 spiro atoms. The zero-order chi connectivity index (χ0) is 14.3. The lowest BCUT2D eigenvalue weighted by molar-refractivity contribution is -0.131. The molecule has 8 heteroatoms. The van der Waals surface area contributed by atoms with Crippen LogP contribution >= 0.6 is 0 Å². The predicted octanol–water partition coefficient (Wildman–Crippen LogP) is -0.555. The van der Waals surface area contributed by atoms with Crippen LogP contribution in [-0.4, -0.2) is 38.0 Å². The molecule has 0 bridgehead atoms. The molecule has 0 saturated heterocycles. The SMILES string of the molecule is O=COCCCCC(=O)[N]NC(=O)CCCOC=O. The number of carbonyl (C=O) groups excluding carboxylic acids is 4. The number of nitrogens with zero attached hydrogens (tertiary/aromatic N) is 1. The van der Waals surface area contributed by atoms with E-state index in [1.54, 1.807) is 0 Å². The van der Waals surface area contributed by atoms with E-state index >= 15 is 0 Å². The summed E-state index contributed by atoms with van der Waals surface area (Å²) in [7, 11) is 0. The Kier molecular flexibility index (Phi) is 11.0. The second-order valence-corrected chi connectivity index (χ2v) is 3.54. The molecule has 0 saturated carbocycles. The van der Waals surface area contributed by atoms with Gasteiger partial charge >= 0.3 is 0 Å². The average molecular weight is 273 g/mol. The second kappa shape index (κ2) is 12.3. The number of unbranched alkanes of at least 4 members (excludes halogenated alkanes) is 1. The molecule has 0 rings (SSSR count). The van der Waals surface area contributed by atoms with Gasteiger partial charge in [-0.2, -0.15) is 0 Å². The minimum absolute atomic E-state index is 0.123. The van der Waals surface area contributed by atoms with Crippen molar-refractivity contribution in [1.82, 2.24) is 10.9 Å². The van der Waals surface area contributed by atoms with Gasteiger partial charge in [0.25, 0.3) is 18.9 Å². The Balaban J connectivity index is 3.42. The lowest BCUT2D eigenvalue weighted by Crippen LogP contribution is -2.35. The molecule has 1 radical (unpaired) electrons. The number of nitrogens with one attached hydrogen (secondary N) is 1. The van der Waals surface area contributed by atoms with E-state index in [1.165, 1.54) is 0 Å². The van der Waals surface area contributed by atoms with Crippen LogP contribution in [0.3, 0.4) is 0 Å². The Morgan fingerprint density at radius 1 is 0.947 bits per heavy atom. The monoisotopic (exact) mass is 273 g/mol. The van der Waals surface area contributed by atoms with Gasteiger partial charge in [0, 0.05) is 12.8 Å². The van der Waals surface area contributed by atoms with Crippen LogP contribution in [0.15, 0.2) is 0 Å². The molecule has 0 aliphatic heterocycles. The molecule has 0 aliphatic carbocycles. The fraction of sp³-hybridized carbons (Fsp3) is 0.636. The number of hydrogen-bond donors (Lipinski definition) is 1. The van der Waals surface area contributed by atoms with Crippen LogP contribution in [0.5, 0.6) is 0 Å². The average Bonchev–Trinajstić information content (AvgIpc) is 2.41. The molecular formula is C11H17N2O6. The Labute approximate surface area is 110 Å². The second-order valence-electron chi connectivity index (χ2n) is 3.54. The van der Waals surface area contributed by atoms with Crippen molar-refractivity contribution in [3.63, 3.8) is 0 Å². The normalized spacial score (nSPS) is 9.26. The van der Waals surface area contributed by atoms with Crippen LogP contribution < -0.4 is 10.9 Å². The van der Waals surface area contributed by atoms with Crippen LogP contribution in [0, 0.1) is 0 Å².